The van der Waals surface area contributed by atoms with Gasteiger partial charge in [-0.3, -0.25) is 0 Å². The summed E-state index contributed by atoms with van der Waals surface area (Å²) in [4.78, 5) is 0. The van der Waals surface area contributed by atoms with E-state index in [-0.39, 0.29) is 0 Å². The summed E-state index contributed by atoms with van der Waals surface area (Å²) in [7, 11) is 0. The molecule has 0 saturated carbocycles. The summed E-state index contributed by atoms with van der Waals surface area (Å²) in [6.07, 6.45) is 3.31. The molecular formula is C14H16BrIN2. The molecule has 2 aromatic rings. The summed E-state index contributed by atoms with van der Waals surface area (Å²) in [5, 5.41) is 3.46. The van der Waals surface area contributed by atoms with Gasteiger partial charge < -0.3 is 9.88 Å². The normalized spacial score (nSPS) is 10.6. The van der Waals surface area contributed by atoms with Gasteiger partial charge in [0, 0.05) is 32.2 Å². The highest BCUT2D eigenvalue weighted by Crippen LogP contribution is 2.23. The average molecular weight is 419 g/mol. The minimum absolute atomic E-state index is 0.861. The van der Waals surface area contributed by atoms with E-state index < -0.39 is 0 Å². The summed E-state index contributed by atoms with van der Waals surface area (Å²) in [5.74, 6) is 0. The Balaban J connectivity index is 2.02. The van der Waals surface area contributed by atoms with Gasteiger partial charge in [-0.05, 0) is 75.3 Å². The lowest BCUT2D eigenvalue weighted by molar-refractivity contribution is 0.654. The molecule has 4 heteroatoms. The smallest absolute Gasteiger partial charge is 0.0553 e. The predicted molar refractivity (Wildman–Crippen MR) is 88.9 cm³/mol. The van der Waals surface area contributed by atoms with Crippen LogP contribution in [-0.4, -0.2) is 4.57 Å². The molecule has 0 amide bonds. The zero-order valence-corrected chi connectivity index (χ0v) is 14.0. The molecule has 0 aliphatic rings. The summed E-state index contributed by atoms with van der Waals surface area (Å²) in [6, 6.07) is 10.6. The number of nitrogens with zero attached hydrogens (tertiary/aromatic N) is 1. The molecule has 0 fully saturated rings. The molecule has 1 aromatic heterocycles. The molecule has 2 rings (SSSR count). The number of anilines is 1. The van der Waals surface area contributed by atoms with Gasteiger partial charge in [0.2, 0.25) is 0 Å². The molecule has 0 aliphatic heterocycles. The number of hydrogen-bond donors (Lipinski definition) is 1. The molecule has 18 heavy (non-hydrogen) atoms. The molecule has 0 atom stereocenters. The highest BCUT2D eigenvalue weighted by molar-refractivity contribution is 14.1. The van der Waals surface area contributed by atoms with E-state index in [0.717, 1.165) is 29.7 Å². The van der Waals surface area contributed by atoms with Crippen molar-refractivity contribution in [2.24, 2.45) is 0 Å². The van der Waals surface area contributed by atoms with E-state index in [1.54, 1.807) is 0 Å². The van der Waals surface area contributed by atoms with Crippen molar-refractivity contribution < 1.29 is 0 Å². The van der Waals surface area contributed by atoms with Crippen molar-refractivity contribution in [1.29, 1.82) is 0 Å². The number of aryl methyl sites for hydroxylation is 1. The van der Waals surface area contributed by atoms with Crippen molar-refractivity contribution in [1.82, 2.24) is 4.57 Å². The number of aromatic nitrogens is 1. The Morgan fingerprint density at radius 2 is 2.17 bits per heavy atom. The van der Waals surface area contributed by atoms with Gasteiger partial charge >= 0.3 is 0 Å². The minimum Gasteiger partial charge on any atom is -0.379 e. The molecule has 96 valence electrons. The molecule has 0 saturated heterocycles. The van der Waals surface area contributed by atoms with Gasteiger partial charge in [0.1, 0.15) is 0 Å². The fraction of sp³-hybridized carbons (Fsp3) is 0.286. The predicted octanol–water partition coefficient (Wildman–Crippen LogP) is 4.88. The van der Waals surface area contributed by atoms with Crippen LogP contribution in [0.4, 0.5) is 5.69 Å². The fourth-order valence-electron chi connectivity index (χ4n) is 1.87. The third-order valence-corrected chi connectivity index (χ3v) is 5.12. The third kappa shape index (κ3) is 3.51. The monoisotopic (exact) mass is 418 g/mol. The van der Waals surface area contributed by atoms with Crippen LogP contribution in [0.2, 0.25) is 0 Å². The highest BCUT2D eigenvalue weighted by Gasteiger charge is 2.01. The quantitative estimate of drug-likeness (QED) is 0.685. The van der Waals surface area contributed by atoms with Crippen molar-refractivity contribution in [2.45, 2.75) is 26.4 Å². The van der Waals surface area contributed by atoms with Gasteiger partial charge in [0.05, 0.1) is 6.54 Å². The first-order valence-electron chi connectivity index (χ1n) is 6.03. The van der Waals surface area contributed by atoms with Crippen LogP contribution >= 0.6 is 38.5 Å². The summed E-state index contributed by atoms with van der Waals surface area (Å²) < 4.78 is 4.67. The van der Waals surface area contributed by atoms with Crippen molar-refractivity contribution in [2.75, 3.05) is 5.32 Å². The van der Waals surface area contributed by atoms with Gasteiger partial charge in [0.15, 0.2) is 0 Å². The van der Waals surface area contributed by atoms with Gasteiger partial charge in [0.25, 0.3) is 0 Å². The van der Waals surface area contributed by atoms with Crippen molar-refractivity contribution >= 4 is 44.2 Å². The Morgan fingerprint density at radius 1 is 1.33 bits per heavy atom. The SMILES string of the molecule is CCCn1cccc1CNc1ccc(I)c(Br)c1. The van der Waals surface area contributed by atoms with Crippen molar-refractivity contribution in [3.63, 3.8) is 0 Å². The lowest BCUT2D eigenvalue weighted by Crippen LogP contribution is -2.06. The van der Waals surface area contributed by atoms with E-state index in [4.69, 9.17) is 0 Å². The van der Waals surface area contributed by atoms with E-state index >= 15 is 0 Å². The van der Waals surface area contributed by atoms with Crippen LogP contribution in [0.5, 0.6) is 0 Å². The molecular weight excluding hydrogens is 403 g/mol. The number of rotatable bonds is 5. The van der Waals surface area contributed by atoms with Crippen LogP contribution in [0.25, 0.3) is 0 Å². The van der Waals surface area contributed by atoms with E-state index in [1.165, 1.54) is 9.26 Å². The van der Waals surface area contributed by atoms with Crippen LogP contribution in [0.3, 0.4) is 0 Å². The maximum atomic E-state index is 3.55. The number of benzene rings is 1. The van der Waals surface area contributed by atoms with Gasteiger partial charge in [-0.2, -0.15) is 0 Å². The van der Waals surface area contributed by atoms with Crippen LogP contribution < -0.4 is 5.32 Å². The van der Waals surface area contributed by atoms with E-state index in [1.807, 2.05) is 0 Å². The molecule has 0 spiro atoms. The van der Waals surface area contributed by atoms with Gasteiger partial charge in [-0.1, -0.05) is 6.92 Å². The van der Waals surface area contributed by atoms with Gasteiger partial charge in [-0.25, -0.2) is 0 Å². The Kier molecular flexibility index (Phi) is 5.12. The number of hydrogen-bond acceptors (Lipinski definition) is 1. The van der Waals surface area contributed by atoms with Crippen molar-refractivity contribution in [3.05, 3.63) is 50.3 Å². The summed E-state index contributed by atoms with van der Waals surface area (Å²) in [5.41, 5.74) is 2.47. The standard InChI is InChI=1S/C14H16BrIN2/c1-2-7-18-8-3-4-12(18)10-17-11-5-6-14(16)13(15)9-11/h3-6,8-9,17H,2,7,10H2,1H3. The van der Waals surface area contributed by atoms with E-state index in [2.05, 4.69) is 91.9 Å². The Morgan fingerprint density at radius 3 is 2.89 bits per heavy atom. The second kappa shape index (κ2) is 6.61. The van der Waals surface area contributed by atoms with E-state index in [0.29, 0.717) is 0 Å². The first-order chi connectivity index (χ1) is 8.70. The maximum absolute atomic E-state index is 3.55. The fourth-order valence-corrected chi connectivity index (χ4v) is 2.58. The third-order valence-electron chi connectivity index (χ3n) is 2.78. The van der Waals surface area contributed by atoms with Crippen LogP contribution in [-0.2, 0) is 13.1 Å². The topological polar surface area (TPSA) is 17.0 Å². The molecule has 0 unspecified atom stereocenters. The molecule has 0 bridgehead atoms. The molecule has 1 heterocycles. The lowest BCUT2D eigenvalue weighted by Gasteiger charge is -2.10. The molecule has 2 nitrogen and oxygen atoms in total. The second-order valence-corrected chi connectivity index (χ2v) is 6.19. The summed E-state index contributed by atoms with van der Waals surface area (Å²) in [6.45, 7) is 4.15. The number of nitrogens with one attached hydrogen (secondary N) is 1. The van der Waals surface area contributed by atoms with Gasteiger partial charge in [-0.15, -0.1) is 0 Å². The van der Waals surface area contributed by atoms with Crippen LogP contribution in [0.15, 0.2) is 41.0 Å². The van der Waals surface area contributed by atoms with E-state index in [9.17, 15) is 0 Å². The summed E-state index contributed by atoms with van der Waals surface area (Å²) >= 11 is 5.87. The molecule has 1 aromatic carbocycles. The first-order valence-corrected chi connectivity index (χ1v) is 7.91. The molecule has 0 radical (unpaired) electrons. The second-order valence-electron chi connectivity index (χ2n) is 4.18. The Labute approximate surface area is 130 Å². The average Bonchev–Trinajstić information content (AvgIpc) is 2.79. The zero-order valence-electron chi connectivity index (χ0n) is 10.3. The molecule has 1 N–H and O–H groups in total. The largest absolute Gasteiger partial charge is 0.379 e. The Bertz CT molecular complexity index is 522. The number of halogens is 2. The van der Waals surface area contributed by atoms with Crippen LogP contribution in [0.1, 0.15) is 19.0 Å². The molecule has 0 aliphatic carbocycles. The maximum Gasteiger partial charge on any atom is 0.0553 e. The Hall–Kier alpha value is -0.490. The van der Waals surface area contributed by atoms with Crippen LogP contribution in [0, 0.1) is 3.57 Å². The first kappa shape index (κ1) is 13.9. The minimum atomic E-state index is 0.861. The highest BCUT2D eigenvalue weighted by atomic mass is 127. The lowest BCUT2D eigenvalue weighted by atomic mass is 10.3. The van der Waals surface area contributed by atoms with Crippen molar-refractivity contribution in [3.8, 4) is 0 Å². The zero-order chi connectivity index (χ0) is 13.0.